The smallest absolute Gasteiger partial charge is 0.193 e. The third kappa shape index (κ3) is 5.68. The minimum Gasteiger partial charge on any atom is -0.289 e. The molecule has 3 rings (SSSR count). The molecule has 0 amide bonds. The number of hydrogen-bond acceptors (Lipinski definition) is 1. The van der Waals surface area contributed by atoms with Crippen LogP contribution in [0.4, 0.5) is 0 Å². The maximum Gasteiger partial charge on any atom is 0.193 e. The summed E-state index contributed by atoms with van der Waals surface area (Å²) in [5.41, 5.74) is 5.56. The highest BCUT2D eigenvalue weighted by Crippen LogP contribution is 2.42. The van der Waals surface area contributed by atoms with Gasteiger partial charge in [0.1, 0.15) is 0 Å². The van der Waals surface area contributed by atoms with Crippen LogP contribution in [0.3, 0.4) is 0 Å². The largest absolute Gasteiger partial charge is 0.289 e. The van der Waals surface area contributed by atoms with Gasteiger partial charge in [0.2, 0.25) is 0 Å². The third-order valence-corrected chi connectivity index (χ3v) is 7.33. The first kappa shape index (κ1) is 23.8. The lowest BCUT2D eigenvalue weighted by molar-refractivity contribution is 0.103. The standard InChI is InChI=1S/C30H42O/c1-7-10-23-15-16-25(24-14-13-22(6)26(18-24)17-20(2)3)19-29(23)30(31)28-12-9-8-11-27(28)21(4)5/h8-9,11-12,15-16,19-22,24,26H,7,10,13-14,17-18H2,1-6H3/t22?,24?,26-/m0/s1. The molecule has 0 N–H and O–H groups in total. The second kappa shape index (κ2) is 10.6. The molecule has 3 atom stereocenters. The van der Waals surface area contributed by atoms with Gasteiger partial charge in [-0.25, -0.2) is 0 Å². The van der Waals surface area contributed by atoms with Crippen LogP contribution in [0.25, 0.3) is 0 Å². The molecule has 0 radical (unpaired) electrons. The van der Waals surface area contributed by atoms with E-state index in [1.165, 1.54) is 36.8 Å². The fraction of sp³-hybridized carbons (Fsp3) is 0.567. The van der Waals surface area contributed by atoms with Crippen LogP contribution in [0, 0.1) is 17.8 Å². The molecular formula is C30H42O. The molecule has 0 bridgehead atoms. The van der Waals surface area contributed by atoms with E-state index in [9.17, 15) is 4.79 Å². The SMILES string of the molecule is CCCc1ccc(C2CCC(C)[C@@H](CC(C)C)C2)cc1C(=O)c1ccccc1C(C)C. The van der Waals surface area contributed by atoms with E-state index in [1.54, 1.807) is 0 Å². The number of aryl methyl sites for hydroxylation is 1. The first-order valence-electron chi connectivity index (χ1n) is 12.6. The first-order valence-corrected chi connectivity index (χ1v) is 12.6. The van der Waals surface area contributed by atoms with Crippen molar-refractivity contribution < 1.29 is 4.79 Å². The Bertz CT molecular complexity index is 876. The van der Waals surface area contributed by atoms with Crippen molar-refractivity contribution >= 4 is 5.78 Å². The van der Waals surface area contributed by atoms with Gasteiger partial charge in [-0.2, -0.15) is 0 Å². The molecule has 1 saturated carbocycles. The molecule has 2 aromatic carbocycles. The molecule has 31 heavy (non-hydrogen) atoms. The molecule has 1 aliphatic carbocycles. The number of rotatable bonds is 8. The van der Waals surface area contributed by atoms with Gasteiger partial charge in [0.05, 0.1) is 0 Å². The number of benzene rings is 2. The van der Waals surface area contributed by atoms with Gasteiger partial charge in [-0.05, 0) is 84.5 Å². The lowest BCUT2D eigenvalue weighted by atomic mass is 9.69. The molecule has 0 saturated heterocycles. The Balaban J connectivity index is 1.96. The monoisotopic (exact) mass is 418 g/mol. The molecule has 1 heteroatoms. The Morgan fingerprint density at radius 1 is 1.00 bits per heavy atom. The van der Waals surface area contributed by atoms with Crippen molar-refractivity contribution in [2.45, 2.75) is 91.9 Å². The van der Waals surface area contributed by atoms with Crippen LogP contribution >= 0.6 is 0 Å². The quantitative estimate of drug-likeness (QED) is 0.392. The van der Waals surface area contributed by atoms with Gasteiger partial charge in [0.25, 0.3) is 0 Å². The van der Waals surface area contributed by atoms with E-state index in [-0.39, 0.29) is 5.78 Å². The summed E-state index contributed by atoms with van der Waals surface area (Å²) in [6.45, 7) is 13.7. The molecule has 0 heterocycles. The first-order chi connectivity index (χ1) is 14.8. The van der Waals surface area contributed by atoms with E-state index in [2.05, 4.69) is 65.8 Å². The highest BCUT2D eigenvalue weighted by atomic mass is 16.1. The van der Waals surface area contributed by atoms with Crippen LogP contribution in [-0.4, -0.2) is 5.78 Å². The number of hydrogen-bond donors (Lipinski definition) is 0. The van der Waals surface area contributed by atoms with Gasteiger partial charge >= 0.3 is 0 Å². The van der Waals surface area contributed by atoms with Gasteiger partial charge in [0.15, 0.2) is 5.78 Å². The summed E-state index contributed by atoms with van der Waals surface area (Å²) in [6, 6.07) is 15.0. The van der Waals surface area contributed by atoms with Gasteiger partial charge in [-0.3, -0.25) is 4.79 Å². The fourth-order valence-corrected chi connectivity index (χ4v) is 5.55. The highest BCUT2D eigenvalue weighted by molar-refractivity contribution is 6.11. The van der Waals surface area contributed by atoms with Gasteiger partial charge in [-0.1, -0.05) is 84.4 Å². The topological polar surface area (TPSA) is 17.1 Å². The van der Waals surface area contributed by atoms with Crippen molar-refractivity contribution in [3.63, 3.8) is 0 Å². The predicted molar refractivity (Wildman–Crippen MR) is 133 cm³/mol. The predicted octanol–water partition coefficient (Wildman–Crippen LogP) is 8.56. The van der Waals surface area contributed by atoms with Crippen LogP contribution in [0.15, 0.2) is 42.5 Å². The van der Waals surface area contributed by atoms with Crippen LogP contribution in [0.1, 0.15) is 118 Å². The molecule has 2 unspecified atom stereocenters. The lowest BCUT2D eigenvalue weighted by Gasteiger charge is -2.36. The summed E-state index contributed by atoms with van der Waals surface area (Å²) in [7, 11) is 0. The second-order valence-corrected chi connectivity index (χ2v) is 10.6. The number of carbonyl (C=O) groups excluding carboxylic acids is 1. The van der Waals surface area contributed by atoms with Gasteiger partial charge < -0.3 is 0 Å². The Morgan fingerprint density at radius 3 is 2.42 bits per heavy atom. The molecule has 1 nitrogen and oxygen atoms in total. The van der Waals surface area contributed by atoms with E-state index >= 15 is 0 Å². The molecule has 0 aliphatic heterocycles. The van der Waals surface area contributed by atoms with Gasteiger partial charge in [0, 0.05) is 11.1 Å². The van der Waals surface area contributed by atoms with Crippen LogP contribution < -0.4 is 0 Å². The van der Waals surface area contributed by atoms with Crippen molar-refractivity contribution in [2.75, 3.05) is 0 Å². The zero-order valence-corrected chi connectivity index (χ0v) is 20.6. The molecule has 1 aliphatic rings. The maximum absolute atomic E-state index is 13.8. The zero-order valence-electron chi connectivity index (χ0n) is 20.6. The van der Waals surface area contributed by atoms with Crippen molar-refractivity contribution in [2.24, 2.45) is 17.8 Å². The summed E-state index contributed by atoms with van der Waals surface area (Å²) in [6.07, 6.45) is 7.16. The van der Waals surface area contributed by atoms with Crippen molar-refractivity contribution in [3.8, 4) is 0 Å². The van der Waals surface area contributed by atoms with E-state index in [4.69, 9.17) is 0 Å². The molecule has 0 aromatic heterocycles. The zero-order chi connectivity index (χ0) is 22.5. The second-order valence-electron chi connectivity index (χ2n) is 10.6. The number of ketones is 1. The Morgan fingerprint density at radius 2 is 1.74 bits per heavy atom. The van der Waals surface area contributed by atoms with Crippen molar-refractivity contribution in [1.29, 1.82) is 0 Å². The van der Waals surface area contributed by atoms with Crippen molar-refractivity contribution in [1.82, 2.24) is 0 Å². The Labute approximate surface area is 190 Å². The summed E-state index contributed by atoms with van der Waals surface area (Å²) in [5, 5.41) is 0. The molecule has 168 valence electrons. The number of carbonyl (C=O) groups is 1. The lowest BCUT2D eigenvalue weighted by Crippen LogP contribution is -2.23. The minimum atomic E-state index is 0.206. The highest BCUT2D eigenvalue weighted by Gasteiger charge is 2.30. The third-order valence-electron chi connectivity index (χ3n) is 7.33. The van der Waals surface area contributed by atoms with E-state index < -0.39 is 0 Å². The van der Waals surface area contributed by atoms with Crippen LogP contribution in [0.5, 0.6) is 0 Å². The van der Waals surface area contributed by atoms with Gasteiger partial charge in [-0.15, -0.1) is 0 Å². The van der Waals surface area contributed by atoms with E-state index in [0.29, 0.717) is 11.8 Å². The Kier molecular flexibility index (Phi) is 8.14. The van der Waals surface area contributed by atoms with E-state index in [0.717, 1.165) is 47.3 Å². The molecular weight excluding hydrogens is 376 g/mol. The summed E-state index contributed by atoms with van der Waals surface area (Å²) in [5.74, 6) is 3.50. The summed E-state index contributed by atoms with van der Waals surface area (Å²) < 4.78 is 0. The maximum atomic E-state index is 13.8. The minimum absolute atomic E-state index is 0.206. The molecule has 0 spiro atoms. The summed E-state index contributed by atoms with van der Waals surface area (Å²) in [4.78, 5) is 13.8. The van der Waals surface area contributed by atoms with E-state index in [1.807, 2.05) is 18.2 Å². The molecule has 1 fully saturated rings. The van der Waals surface area contributed by atoms with Crippen molar-refractivity contribution in [3.05, 3.63) is 70.3 Å². The summed E-state index contributed by atoms with van der Waals surface area (Å²) >= 11 is 0. The van der Waals surface area contributed by atoms with Crippen LogP contribution in [0.2, 0.25) is 0 Å². The average molecular weight is 419 g/mol. The fourth-order valence-electron chi connectivity index (χ4n) is 5.55. The average Bonchev–Trinajstić information content (AvgIpc) is 2.75. The normalized spacial score (nSPS) is 21.6. The Hall–Kier alpha value is -1.89. The molecule has 2 aromatic rings. The van der Waals surface area contributed by atoms with Crippen LogP contribution in [-0.2, 0) is 6.42 Å².